The summed E-state index contributed by atoms with van der Waals surface area (Å²) in [6.07, 6.45) is 0. The van der Waals surface area contributed by atoms with E-state index in [1.54, 1.807) is 24.3 Å². The molecule has 0 aliphatic carbocycles. The number of hydrogen-bond acceptors (Lipinski definition) is 3. The molecular weight excluding hydrogens is 294 g/mol. The number of anilines is 1. The molecule has 0 radical (unpaired) electrons. The topological polar surface area (TPSA) is 86.6 Å². The van der Waals surface area contributed by atoms with Gasteiger partial charge in [0.05, 0.1) is 0 Å². The van der Waals surface area contributed by atoms with Crippen LogP contribution in [-0.2, 0) is 4.79 Å². The minimum atomic E-state index is -1.28. The van der Waals surface area contributed by atoms with Gasteiger partial charge in [-0.25, -0.2) is 4.79 Å². The van der Waals surface area contributed by atoms with Gasteiger partial charge in [-0.3, -0.25) is 4.79 Å². The zero-order valence-corrected chi connectivity index (χ0v) is 11.5. The predicted molar refractivity (Wildman–Crippen MR) is 78.7 cm³/mol. The van der Waals surface area contributed by atoms with E-state index in [1.807, 2.05) is 6.07 Å². The minimum Gasteiger partial charge on any atom is -0.507 e. The summed E-state index contributed by atoms with van der Waals surface area (Å²) >= 11 is 6.06. The van der Waals surface area contributed by atoms with Crippen molar-refractivity contribution in [2.24, 2.45) is 0 Å². The van der Waals surface area contributed by atoms with E-state index in [-0.39, 0.29) is 17.0 Å². The monoisotopic (exact) mass is 305 g/mol. The number of carboxylic acids is 1. The number of phenols is 1. The van der Waals surface area contributed by atoms with Crippen molar-refractivity contribution in [1.29, 1.82) is 0 Å². The summed E-state index contributed by atoms with van der Waals surface area (Å²) in [6.45, 7) is 0. The van der Waals surface area contributed by atoms with Gasteiger partial charge >= 0.3 is 5.97 Å². The van der Waals surface area contributed by atoms with E-state index in [4.69, 9.17) is 16.7 Å². The Morgan fingerprint density at radius 2 is 1.76 bits per heavy atom. The molecule has 1 amide bonds. The van der Waals surface area contributed by atoms with Gasteiger partial charge in [-0.1, -0.05) is 30.3 Å². The Bertz CT molecular complexity index is 673. The van der Waals surface area contributed by atoms with E-state index >= 15 is 0 Å². The Balaban J connectivity index is 2.16. The van der Waals surface area contributed by atoms with Crippen molar-refractivity contribution in [2.45, 2.75) is 5.38 Å². The standard InChI is InChI=1S/C15H12ClNO4/c16-13(9-4-2-1-3-5-9)14(19)17-10-6-7-12(18)11(8-10)15(20)21/h1-8,13,18H,(H,17,19)(H,20,21)/t13-/m0/s1. The molecule has 0 unspecified atom stereocenters. The average molecular weight is 306 g/mol. The Hall–Kier alpha value is -2.53. The highest BCUT2D eigenvalue weighted by Crippen LogP contribution is 2.25. The Kier molecular flexibility index (Phi) is 4.45. The maximum Gasteiger partial charge on any atom is 0.339 e. The summed E-state index contributed by atoms with van der Waals surface area (Å²) in [4.78, 5) is 22.9. The third kappa shape index (κ3) is 3.52. The fraction of sp³-hybridized carbons (Fsp3) is 0.0667. The molecule has 0 spiro atoms. The van der Waals surface area contributed by atoms with Gasteiger partial charge in [0.2, 0.25) is 5.91 Å². The normalized spacial score (nSPS) is 11.7. The number of amides is 1. The summed E-state index contributed by atoms with van der Waals surface area (Å²) < 4.78 is 0. The van der Waals surface area contributed by atoms with Crippen LogP contribution in [0.4, 0.5) is 5.69 Å². The first-order valence-electron chi connectivity index (χ1n) is 6.05. The number of carbonyl (C=O) groups excluding carboxylic acids is 1. The quantitative estimate of drug-likeness (QED) is 0.598. The van der Waals surface area contributed by atoms with Crippen LogP contribution in [-0.4, -0.2) is 22.1 Å². The summed E-state index contributed by atoms with van der Waals surface area (Å²) in [5.74, 6) is -2.13. The van der Waals surface area contributed by atoms with Gasteiger partial charge in [0, 0.05) is 5.69 Å². The van der Waals surface area contributed by atoms with E-state index < -0.39 is 17.3 Å². The average Bonchev–Trinajstić information content (AvgIpc) is 2.49. The van der Waals surface area contributed by atoms with Crippen LogP contribution in [0.25, 0.3) is 0 Å². The van der Waals surface area contributed by atoms with E-state index in [2.05, 4.69) is 5.32 Å². The van der Waals surface area contributed by atoms with Crippen molar-refractivity contribution in [1.82, 2.24) is 0 Å². The molecule has 21 heavy (non-hydrogen) atoms. The summed E-state index contributed by atoms with van der Waals surface area (Å²) in [5, 5.41) is 19.9. The predicted octanol–water partition coefficient (Wildman–Crippen LogP) is 3.01. The first kappa shape index (κ1) is 14.9. The highest BCUT2D eigenvalue weighted by atomic mass is 35.5. The SMILES string of the molecule is O=C(O)c1cc(NC(=O)[C@@H](Cl)c2ccccc2)ccc1O. The van der Waals surface area contributed by atoms with Gasteiger partial charge in [-0.05, 0) is 23.8 Å². The molecule has 0 aliphatic rings. The molecule has 0 bridgehead atoms. The number of rotatable bonds is 4. The molecule has 2 rings (SSSR count). The minimum absolute atomic E-state index is 0.247. The van der Waals surface area contributed by atoms with Crippen LogP contribution in [0.2, 0.25) is 0 Å². The molecule has 108 valence electrons. The Morgan fingerprint density at radius 3 is 2.38 bits per heavy atom. The van der Waals surface area contributed by atoms with Gasteiger partial charge in [0.25, 0.3) is 0 Å². The number of carboxylic acid groups (broad SMARTS) is 1. The highest BCUT2D eigenvalue weighted by molar-refractivity contribution is 6.32. The van der Waals surface area contributed by atoms with Gasteiger partial charge in [-0.2, -0.15) is 0 Å². The van der Waals surface area contributed by atoms with Crippen molar-refractivity contribution in [3.8, 4) is 5.75 Å². The van der Waals surface area contributed by atoms with Gasteiger partial charge in [-0.15, -0.1) is 11.6 Å². The molecule has 2 aromatic rings. The summed E-state index contributed by atoms with van der Waals surface area (Å²) in [5.41, 5.74) is 0.587. The second-order valence-corrected chi connectivity index (χ2v) is 4.74. The first-order chi connectivity index (χ1) is 9.99. The first-order valence-corrected chi connectivity index (χ1v) is 6.49. The number of nitrogens with one attached hydrogen (secondary N) is 1. The molecule has 6 heteroatoms. The molecule has 2 aromatic carbocycles. The Labute approximate surface area is 125 Å². The van der Waals surface area contributed by atoms with Crippen molar-refractivity contribution >= 4 is 29.2 Å². The van der Waals surface area contributed by atoms with Crippen LogP contribution in [0.15, 0.2) is 48.5 Å². The molecule has 0 fully saturated rings. The molecule has 0 saturated heterocycles. The molecular formula is C15H12ClNO4. The maximum absolute atomic E-state index is 12.0. The molecule has 3 N–H and O–H groups in total. The maximum atomic E-state index is 12.0. The third-order valence-electron chi connectivity index (χ3n) is 2.82. The van der Waals surface area contributed by atoms with Crippen LogP contribution in [0.1, 0.15) is 21.3 Å². The number of halogens is 1. The largest absolute Gasteiger partial charge is 0.507 e. The fourth-order valence-electron chi connectivity index (χ4n) is 1.76. The fourth-order valence-corrected chi connectivity index (χ4v) is 1.96. The lowest BCUT2D eigenvalue weighted by Crippen LogP contribution is -2.17. The molecule has 0 heterocycles. The number of benzene rings is 2. The van der Waals surface area contributed by atoms with Crippen LogP contribution in [0.3, 0.4) is 0 Å². The number of alkyl halides is 1. The molecule has 5 nitrogen and oxygen atoms in total. The van der Waals surface area contributed by atoms with E-state index in [1.165, 1.54) is 18.2 Å². The van der Waals surface area contributed by atoms with Crippen molar-refractivity contribution in [2.75, 3.05) is 5.32 Å². The van der Waals surface area contributed by atoms with Gasteiger partial charge < -0.3 is 15.5 Å². The summed E-state index contributed by atoms with van der Waals surface area (Å²) in [7, 11) is 0. The van der Waals surface area contributed by atoms with Crippen LogP contribution in [0.5, 0.6) is 5.75 Å². The number of hydrogen-bond donors (Lipinski definition) is 3. The van der Waals surface area contributed by atoms with Crippen molar-refractivity contribution in [3.05, 3.63) is 59.7 Å². The van der Waals surface area contributed by atoms with E-state index in [0.717, 1.165) is 0 Å². The lowest BCUT2D eigenvalue weighted by atomic mass is 10.1. The smallest absolute Gasteiger partial charge is 0.339 e. The second kappa shape index (κ2) is 6.28. The Morgan fingerprint density at radius 1 is 1.10 bits per heavy atom. The molecule has 0 aromatic heterocycles. The van der Waals surface area contributed by atoms with Crippen LogP contribution in [0, 0.1) is 0 Å². The summed E-state index contributed by atoms with van der Waals surface area (Å²) in [6, 6.07) is 12.5. The highest BCUT2D eigenvalue weighted by Gasteiger charge is 2.18. The van der Waals surface area contributed by atoms with E-state index in [0.29, 0.717) is 5.56 Å². The van der Waals surface area contributed by atoms with Crippen molar-refractivity contribution < 1.29 is 19.8 Å². The van der Waals surface area contributed by atoms with E-state index in [9.17, 15) is 14.7 Å². The third-order valence-corrected chi connectivity index (χ3v) is 3.27. The lowest BCUT2D eigenvalue weighted by molar-refractivity contribution is -0.116. The number of aromatic hydroxyl groups is 1. The van der Waals surface area contributed by atoms with Gasteiger partial charge in [0.15, 0.2) is 0 Å². The van der Waals surface area contributed by atoms with Gasteiger partial charge in [0.1, 0.15) is 16.7 Å². The molecule has 0 aliphatic heterocycles. The second-order valence-electron chi connectivity index (χ2n) is 4.30. The molecule has 1 atom stereocenters. The van der Waals surface area contributed by atoms with Crippen LogP contribution < -0.4 is 5.32 Å². The number of aromatic carboxylic acids is 1. The zero-order valence-electron chi connectivity index (χ0n) is 10.8. The van der Waals surface area contributed by atoms with Crippen molar-refractivity contribution in [3.63, 3.8) is 0 Å². The van der Waals surface area contributed by atoms with Crippen LogP contribution >= 0.6 is 11.6 Å². The molecule has 0 saturated carbocycles. The zero-order chi connectivity index (χ0) is 15.4. The lowest BCUT2D eigenvalue weighted by Gasteiger charge is -2.11. The number of carbonyl (C=O) groups is 2.